The molecule has 1 saturated heterocycles. The second kappa shape index (κ2) is 7.97. The average Bonchev–Trinajstić information content (AvgIpc) is 3.42. The van der Waals surface area contributed by atoms with E-state index in [9.17, 15) is 9.59 Å². The normalized spacial score (nSPS) is 18.7. The van der Waals surface area contributed by atoms with Crippen LogP contribution in [0, 0.1) is 13.8 Å². The molecule has 0 spiro atoms. The first-order chi connectivity index (χ1) is 14.3. The Morgan fingerprint density at radius 2 is 2.10 bits per heavy atom. The van der Waals surface area contributed by atoms with Crippen molar-refractivity contribution in [2.45, 2.75) is 58.0 Å². The Hall–Kier alpha value is -3.09. The predicted molar refractivity (Wildman–Crippen MR) is 114 cm³/mol. The van der Waals surface area contributed by atoms with Crippen LogP contribution in [-0.2, 0) is 22.6 Å². The molecule has 2 aromatic heterocycles. The van der Waals surface area contributed by atoms with Crippen molar-refractivity contribution < 1.29 is 14.0 Å². The monoisotopic (exact) mass is 408 g/mol. The van der Waals surface area contributed by atoms with Crippen molar-refractivity contribution in [2.75, 3.05) is 7.05 Å². The number of hydrogen-bond donors (Lipinski definition) is 2. The van der Waals surface area contributed by atoms with Gasteiger partial charge in [0, 0.05) is 31.8 Å². The minimum atomic E-state index is -0.417. The van der Waals surface area contributed by atoms with Gasteiger partial charge < -0.3 is 19.6 Å². The number of nitrogens with zero attached hydrogens (tertiary/aromatic N) is 2. The van der Waals surface area contributed by atoms with Gasteiger partial charge in [0.05, 0.1) is 23.8 Å². The number of nitrogens with one attached hydrogen (secondary N) is 2. The lowest BCUT2D eigenvalue weighted by atomic mass is 9.87. The summed E-state index contributed by atoms with van der Waals surface area (Å²) >= 11 is 0. The third-order valence-corrected chi connectivity index (χ3v) is 6.10. The van der Waals surface area contributed by atoms with Gasteiger partial charge in [-0.15, -0.1) is 0 Å². The molecule has 0 aliphatic carbocycles. The van der Waals surface area contributed by atoms with Gasteiger partial charge in [0.1, 0.15) is 11.6 Å². The van der Waals surface area contributed by atoms with E-state index in [-0.39, 0.29) is 11.8 Å². The molecule has 2 N–H and O–H groups in total. The van der Waals surface area contributed by atoms with Crippen molar-refractivity contribution in [2.24, 2.45) is 0 Å². The van der Waals surface area contributed by atoms with Crippen molar-refractivity contribution in [1.82, 2.24) is 20.2 Å². The Labute approximate surface area is 175 Å². The molecule has 2 amide bonds. The van der Waals surface area contributed by atoms with E-state index in [2.05, 4.69) is 41.3 Å². The minimum Gasteiger partial charge on any atom is -0.469 e. The van der Waals surface area contributed by atoms with Crippen LogP contribution in [0.15, 0.2) is 34.9 Å². The quantitative estimate of drug-likeness (QED) is 0.627. The van der Waals surface area contributed by atoms with Crippen LogP contribution in [0.25, 0.3) is 11.0 Å². The van der Waals surface area contributed by atoms with Gasteiger partial charge in [-0.05, 0) is 62.1 Å². The van der Waals surface area contributed by atoms with Crippen molar-refractivity contribution in [3.05, 3.63) is 53.2 Å². The maximum atomic E-state index is 12.8. The predicted octanol–water partition coefficient (Wildman–Crippen LogP) is 3.40. The molecule has 3 aromatic rings. The number of fused-ring (bicyclic) bond motifs is 1. The van der Waals surface area contributed by atoms with Crippen molar-refractivity contribution in [1.29, 1.82) is 0 Å². The molecule has 7 nitrogen and oxygen atoms in total. The first-order valence-electron chi connectivity index (χ1n) is 10.4. The van der Waals surface area contributed by atoms with E-state index in [4.69, 9.17) is 4.42 Å². The highest BCUT2D eigenvalue weighted by molar-refractivity contribution is 5.80. The maximum Gasteiger partial charge on any atom is 0.222 e. The fraction of sp³-hybridized carbons (Fsp3) is 0.435. The highest BCUT2D eigenvalue weighted by atomic mass is 16.3. The van der Waals surface area contributed by atoms with Crippen LogP contribution in [0.4, 0.5) is 0 Å². The zero-order valence-electron chi connectivity index (χ0n) is 17.7. The number of aromatic amines is 1. The molecule has 1 atom stereocenters. The van der Waals surface area contributed by atoms with Gasteiger partial charge in [0.25, 0.3) is 0 Å². The van der Waals surface area contributed by atoms with E-state index in [0.717, 1.165) is 22.6 Å². The van der Waals surface area contributed by atoms with Crippen LogP contribution < -0.4 is 5.32 Å². The summed E-state index contributed by atoms with van der Waals surface area (Å²) in [4.78, 5) is 34.3. The molecule has 1 aromatic carbocycles. The molecule has 1 aliphatic heterocycles. The van der Waals surface area contributed by atoms with Crippen molar-refractivity contribution in [3.8, 4) is 0 Å². The molecule has 7 heteroatoms. The molecular weight excluding hydrogens is 380 g/mol. The number of amides is 2. The second-order valence-corrected chi connectivity index (χ2v) is 8.47. The number of carbonyl (C=O) groups is 2. The number of aryl methyl sites for hydroxylation is 2. The average molecular weight is 409 g/mol. The Kier molecular flexibility index (Phi) is 5.37. The molecular formula is C23H28N4O3. The van der Waals surface area contributed by atoms with Crippen LogP contribution in [0.5, 0.6) is 0 Å². The van der Waals surface area contributed by atoms with E-state index in [1.165, 1.54) is 11.1 Å². The molecule has 0 saturated carbocycles. The van der Waals surface area contributed by atoms with Gasteiger partial charge in [-0.25, -0.2) is 4.98 Å². The van der Waals surface area contributed by atoms with Gasteiger partial charge in [0.15, 0.2) is 0 Å². The van der Waals surface area contributed by atoms with Gasteiger partial charge >= 0.3 is 0 Å². The van der Waals surface area contributed by atoms with Gasteiger partial charge in [-0.1, -0.05) is 0 Å². The largest absolute Gasteiger partial charge is 0.469 e. The highest BCUT2D eigenvalue weighted by Gasteiger charge is 2.38. The molecule has 158 valence electrons. The van der Waals surface area contributed by atoms with Crippen molar-refractivity contribution >= 4 is 22.8 Å². The molecule has 0 radical (unpaired) electrons. The molecule has 4 rings (SSSR count). The molecule has 0 bridgehead atoms. The third kappa shape index (κ3) is 4.25. The lowest BCUT2D eigenvalue weighted by Gasteiger charge is -2.29. The maximum absolute atomic E-state index is 12.8. The molecule has 0 unspecified atom stereocenters. The van der Waals surface area contributed by atoms with E-state index in [1.807, 2.05) is 12.1 Å². The van der Waals surface area contributed by atoms with Gasteiger partial charge in [0.2, 0.25) is 11.8 Å². The SMILES string of the molecule is Cc1cc2nc(CN(C)C(=O)CC[C@@]3(Cc4ccco4)CCC(=O)N3)[nH]c2cc1C. The number of rotatable bonds is 7. The highest BCUT2D eigenvalue weighted by Crippen LogP contribution is 2.30. The first kappa shape index (κ1) is 20.2. The zero-order chi connectivity index (χ0) is 21.3. The number of carbonyl (C=O) groups excluding carboxylic acids is 2. The summed E-state index contributed by atoms with van der Waals surface area (Å²) in [7, 11) is 1.79. The molecule has 1 aliphatic rings. The lowest BCUT2D eigenvalue weighted by Crippen LogP contribution is -2.44. The van der Waals surface area contributed by atoms with Crippen LogP contribution in [0.2, 0.25) is 0 Å². The number of benzene rings is 1. The number of H-pyrrole nitrogens is 1. The fourth-order valence-corrected chi connectivity index (χ4v) is 4.18. The van der Waals surface area contributed by atoms with E-state index >= 15 is 0 Å². The number of aromatic nitrogens is 2. The lowest BCUT2D eigenvalue weighted by molar-refractivity contribution is -0.131. The Bertz CT molecular complexity index is 1030. The molecule has 1 fully saturated rings. The summed E-state index contributed by atoms with van der Waals surface area (Å²) in [6.07, 6.45) is 4.38. The number of furan rings is 1. The van der Waals surface area contributed by atoms with Crippen LogP contribution in [0.3, 0.4) is 0 Å². The summed E-state index contributed by atoms with van der Waals surface area (Å²) in [6, 6.07) is 7.90. The van der Waals surface area contributed by atoms with Gasteiger partial charge in [-0.3, -0.25) is 9.59 Å². The van der Waals surface area contributed by atoms with E-state index in [0.29, 0.717) is 38.6 Å². The second-order valence-electron chi connectivity index (χ2n) is 8.47. The topological polar surface area (TPSA) is 91.2 Å². The summed E-state index contributed by atoms with van der Waals surface area (Å²) in [5, 5.41) is 3.09. The smallest absolute Gasteiger partial charge is 0.222 e. The zero-order valence-corrected chi connectivity index (χ0v) is 17.7. The van der Waals surface area contributed by atoms with E-state index in [1.54, 1.807) is 18.2 Å². The van der Waals surface area contributed by atoms with Crippen LogP contribution in [0.1, 0.15) is 48.4 Å². The van der Waals surface area contributed by atoms with E-state index < -0.39 is 5.54 Å². The Balaban J connectivity index is 1.39. The van der Waals surface area contributed by atoms with Crippen LogP contribution >= 0.6 is 0 Å². The third-order valence-electron chi connectivity index (χ3n) is 6.10. The first-order valence-corrected chi connectivity index (χ1v) is 10.4. The summed E-state index contributed by atoms with van der Waals surface area (Å²) in [6.45, 7) is 4.56. The summed E-state index contributed by atoms with van der Waals surface area (Å²) in [5.74, 6) is 1.66. The minimum absolute atomic E-state index is 0.0304. The standard InChI is InChI=1S/C23H28N4O3/c1-15-11-18-19(12-16(15)2)25-20(24-18)14-27(3)22(29)7-9-23(8-6-21(28)26-23)13-17-5-4-10-30-17/h4-5,10-12H,6-9,13-14H2,1-3H3,(H,24,25)(H,26,28)/t23-/m1/s1. The van der Waals surface area contributed by atoms with Gasteiger partial charge in [-0.2, -0.15) is 0 Å². The molecule has 3 heterocycles. The summed E-state index contributed by atoms with van der Waals surface area (Å²) in [5.41, 5.74) is 3.90. The number of imidazole rings is 1. The summed E-state index contributed by atoms with van der Waals surface area (Å²) < 4.78 is 5.48. The Morgan fingerprint density at radius 3 is 2.80 bits per heavy atom. The van der Waals surface area contributed by atoms with Crippen LogP contribution in [-0.4, -0.2) is 39.3 Å². The van der Waals surface area contributed by atoms with Crippen molar-refractivity contribution in [3.63, 3.8) is 0 Å². The fourth-order valence-electron chi connectivity index (χ4n) is 4.18. The number of hydrogen-bond acceptors (Lipinski definition) is 4. The Morgan fingerprint density at radius 1 is 1.30 bits per heavy atom. The molecule has 30 heavy (non-hydrogen) atoms.